The summed E-state index contributed by atoms with van der Waals surface area (Å²) in [7, 11) is 0. The van der Waals surface area contributed by atoms with Crippen LogP contribution in [0.2, 0.25) is 0 Å². The molecule has 0 fully saturated rings. The lowest BCUT2D eigenvalue weighted by Gasteiger charge is -2.10. The molecule has 1 amide bonds. The number of thioether (sulfide) groups is 1. The van der Waals surface area contributed by atoms with Gasteiger partial charge in [0.15, 0.2) is 0 Å². The molecule has 1 heterocycles. The quantitative estimate of drug-likeness (QED) is 0.400. The van der Waals surface area contributed by atoms with Gasteiger partial charge in [-0.05, 0) is 23.8 Å². The summed E-state index contributed by atoms with van der Waals surface area (Å²) in [6.07, 6.45) is -4.68. The maximum Gasteiger partial charge on any atom is 0.451 e. The Morgan fingerprint density at radius 3 is 2.44 bits per heavy atom. The first-order valence-corrected chi connectivity index (χ1v) is 8.79. The van der Waals surface area contributed by atoms with Gasteiger partial charge in [0.1, 0.15) is 10.8 Å². The summed E-state index contributed by atoms with van der Waals surface area (Å²) in [5.74, 6) is -2.10. The fraction of sp³-hybridized carbons (Fsp3) is 0.167. The summed E-state index contributed by atoms with van der Waals surface area (Å²) in [5.41, 5.74) is 0.871. The van der Waals surface area contributed by atoms with Gasteiger partial charge < -0.3 is 5.32 Å². The number of nitrogens with one attached hydrogen (secondary N) is 1. The number of benzene rings is 2. The molecular weight excluding hydrogens is 382 g/mol. The number of carbonyl (C=O) groups excluding carboxylic acids is 1. The highest BCUT2D eigenvalue weighted by molar-refractivity contribution is 8.00. The maximum atomic E-state index is 13.0. The van der Waals surface area contributed by atoms with Gasteiger partial charge in [0, 0.05) is 11.9 Å². The van der Waals surface area contributed by atoms with Crippen LogP contribution in [0.3, 0.4) is 0 Å². The number of alkyl halides is 3. The summed E-state index contributed by atoms with van der Waals surface area (Å²) in [5, 5.41) is 3.17. The number of fused-ring (bicyclic) bond motifs is 1. The third-order valence-electron chi connectivity index (χ3n) is 3.56. The van der Waals surface area contributed by atoms with Crippen molar-refractivity contribution in [1.82, 2.24) is 15.3 Å². The van der Waals surface area contributed by atoms with Gasteiger partial charge in [-0.25, -0.2) is 14.4 Å². The predicted molar refractivity (Wildman–Crippen MR) is 93.5 cm³/mol. The first kappa shape index (κ1) is 19.1. The van der Waals surface area contributed by atoms with Crippen molar-refractivity contribution in [3.8, 4) is 0 Å². The largest absolute Gasteiger partial charge is 0.451 e. The number of hydrogen-bond acceptors (Lipinski definition) is 4. The van der Waals surface area contributed by atoms with Crippen LogP contribution in [0.1, 0.15) is 11.4 Å². The Hall–Kier alpha value is -2.68. The van der Waals surface area contributed by atoms with Gasteiger partial charge in [-0.2, -0.15) is 13.2 Å². The van der Waals surface area contributed by atoms with E-state index in [-0.39, 0.29) is 34.6 Å². The van der Waals surface area contributed by atoms with Crippen molar-refractivity contribution in [3.05, 3.63) is 65.7 Å². The molecule has 0 unspecified atom stereocenters. The van der Waals surface area contributed by atoms with Gasteiger partial charge in [-0.15, -0.1) is 0 Å². The van der Waals surface area contributed by atoms with E-state index < -0.39 is 12.0 Å². The molecule has 140 valence electrons. The first-order valence-electron chi connectivity index (χ1n) is 7.81. The number of para-hydroxylation sites is 1. The molecule has 1 aromatic heterocycles. The van der Waals surface area contributed by atoms with Crippen LogP contribution >= 0.6 is 11.8 Å². The molecule has 4 nitrogen and oxygen atoms in total. The van der Waals surface area contributed by atoms with E-state index in [1.807, 2.05) is 0 Å². The number of aromatic nitrogens is 2. The van der Waals surface area contributed by atoms with Crippen LogP contribution < -0.4 is 5.32 Å². The Labute approximate surface area is 156 Å². The molecule has 2 aromatic carbocycles. The average molecular weight is 395 g/mol. The lowest BCUT2D eigenvalue weighted by Crippen LogP contribution is -2.24. The predicted octanol–water partition coefficient (Wildman–Crippen LogP) is 4.20. The number of amides is 1. The average Bonchev–Trinajstić information content (AvgIpc) is 2.64. The number of hydrogen-bond donors (Lipinski definition) is 1. The molecule has 0 bridgehead atoms. The smallest absolute Gasteiger partial charge is 0.351 e. The second-order valence-electron chi connectivity index (χ2n) is 5.56. The van der Waals surface area contributed by atoms with Gasteiger partial charge >= 0.3 is 6.18 Å². The van der Waals surface area contributed by atoms with Crippen molar-refractivity contribution >= 4 is 28.6 Å². The van der Waals surface area contributed by atoms with Crippen molar-refractivity contribution in [2.45, 2.75) is 17.7 Å². The molecule has 9 heteroatoms. The van der Waals surface area contributed by atoms with Crippen LogP contribution in [0.15, 0.2) is 53.6 Å². The fourth-order valence-electron chi connectivity index (χ4n) is 2.27. The van der Waals surface area contributed by atoms with Crippen LogP contribution in [-0.2, 0) is 17.5 Å². The van der Waals surface area contributed by atoms with E-state index >= 15 is 0 Å². The topological polar surface area (TPSA) is 54.9 Å². The molecule has 0 radical (unpaired) electrons. The molecule has 0 saturated heterocycles. The zero-order valence-electron chi connectivity index (χ0n) is 13.8. The van der Waals surface area contributed by atoms with E-state index in [9.17, 15) is 22.4 Å². The van der Waals surface area contributed by atoms with Crippen molar-refractivity contribution in [2.24, 2.45) is 0 Å². The van der Waals surface area contributed by atoms with E-state index in [0.717, 1.165) is 11.8 Å². The summed E-state index contributed by atoms with van der Waals surface area (Å²) >= 11 is 0.903. The molecule has 0 aliphatic rings. The Balaban J connectivity index is 1.70. The van der Waals surface area contributed by atoms with E-state index in [4.69, 9.17) is 0 Å². The van der Waals surface area contributed by atoms with Gasteiger partial charge in [0.05, 0.1) is 11.3 Å². The van der Waals surface area contributed by atoms with Gasteiger partial charge in [-0.1, -0.05) is 42.1 Å². The minimum Gasteiger partial charge on any atom is -0.351 e. The highest BCUT2D eigenvalue weighted by atomic mass is 32.2. The van der Waals surface area contributed by atoms with Crippen LogP contribution in [0, 0.1) is 5.82 Å². The third kappa shape index (κ3) is 4.94. The monoisotopic (exact) mass is 395 g/mol. The van der Waals surface area contributed by atoms with Crippen LogP contribution in [0.4, 0.5) is 17.6 Å². The lowest BCUT2D eigenvalue weighted by molar-refractivity contribution is -0.145. The molecule has 3 aromatic rings. The van der Waals surface area contributed by atoms with E-state index in [1.165, 1.54) is 30.3 Å². The van der Waals surface area contributed by atoms with Crippen LogP contribution in [0.25, 0.3) is 10.9 Å². The van der Waals surface area contributed by atoms with Crippen molar-refractivity contribution < 1.29 is 22.4 Å². The molecular formula is C18H13F4N3OS. The number of halogens is 4. The SMILES string of the molecule is O=C(CSc1nc(C(F)(F)F)nc2ccccc12)NCc1ccc(F)cc1. The molecule has 3 rings (SSSR count). The highest BCUT2D eigenvalue weighted by Crippen LogP contribution is 2.31. The van der Waals surface area contributed by atoms with Crippen LogP contribution in [0.5, 0.6) is 0 Å². The second-order valence-corrected chi connectivity index (χ2v) is 6.52. The Kier molecular flexibility index (Phi) is 5.59. The molecule has 0 atom stereocenters. The maximum absolute atomic E-state index is 13.0. The van der Waals surface area contributed by atoms with E-state index in [1.54, 1.807) is 18.2 Å². The molecule has 0 aliphatic heterocycles. The van der Waals surface area contributed by atoms with E-state index in [2.05, 4.69) is 15.3 Å². The van der Waals surface area contributed by atoms with Crippen molar-refractivity contribution in [2.75, 3.05) is 5.75 Å². The fourth-order valence-corrected chi connectivity index (χ4v) is 3.12. The summed E-state index contributed by atoms with van der Waals surface area (Å²) < 4.78 is 51.8. The van der Waals surface area contributed by atoms with Gasteiger partial charge in [0.25, 0.3) is 0 Å². The Morgan fingerprint density at radius 1 is 1.04 bits per heavy atom. The summed E-state index contributed by atoms with van der Waals surface area (Å²) in [6, 6.07) is 12.0. The molecule has 0 aliphatic carbocycles. The number of nitrogens with zero attached hydrogens (tertiary/aromatic N) is 2. The Morgan fingerprint density at radius 2 is 1.74 bits per heavy atom. The van der Waals surface area contributed by atoms with Crippen LogP contribution in [-0.4, -0.2) is 21.6 Å². The highest BCUT2D eigenvalue weighted by Gasteiger charge is 2.35. The van der Waals surface area contributed by atoms with Gasteiger partial charge in [-0.3, -0.25) is 4.79 Å². The van der Waals surface area contributed by atoms with Crippen molar-refractivity contribution in [1.29, 1.82) is 0 Å². The standard InChI is InChI=1S/C18H13F4N3OS/c19-12-7-5-11(6-8-12)9-23-15(26)10-27-16-13-3-1-2-4-14(13)24-17(25-16)18(20,21)22/h1-8H,9-10H2,(H,23,26). The zero-order chi connectivity index (χ0) is 19.4. The minimum absolute atomic E-state index is 0.0878. The van der Waals surface area contributed by atoms with E-state index in [0.29, 0.717) is 10.9 Å². The van der Waals surface area contributed by atoms with Crippen molar-refractivity contribution in [3.63, 3.8) is 0 Å². The second kappa shape index (κ2) is 7.91. The molecule has 0 saturated carbocycles. The summed E-state index contributed by atoms with van der Waals surface area (Å²) in [6.45, 7) is 0.192. The third-order valence-corrected chi connectivity index (χ3v) is 4.56. The minimum atomic E-state index is -4.68. The summed E-state index contributed by atoms with van der Waals surface area (Å²) in [4.78, 5) is 19.1. The Bertz CT molecular complexity index is 961. The molecule has 0 spiro atoms. The normalized spacial score (nSPS) is 11.6. The lowest BCUT2D eigenvalue weighted by atomic mass is 10.2. The number of carbonyl (C=O) groups is 1. The zero-order valence-corrected chi connectivity index (χ0v) is 14.6. The van der Waals surface area contributed by atoms with Gasteiger partial charge in [0.2, 0.25) is 11.7 Å². The first-order chi connectivity index (χ1) is 12.8. The molecule has 27 heavy (non-hydrogen) atoms. The number of rotatable bonds is 5. The molecule has 1 N–H and O–H groups in total.